The minimum atomic E-state index is -0.470. The van der Waals surface area contributed by atoms with Gasteiger partial charge in [0, 0.05) is 19.1 Å². The topological polar surface area (TPSA) is 74.8 Å². The van der Waals surface area contributed by atoms with Crippen molar-refractivity contribution in [3.63, 3.8) is 0 Å². The van der Waals surface area contributed by atoms with Crippen LogP contribution in [0, 0.1) is 5.92 Å². The molecule has 142 valence electrons. The lowest BCUT2D eigenvalue weighted by molar-refractivity contribution is 0.0529. The average Bonchev–Trinajstić information content (AvgIpc) is 2.44. The van der Waals surface area contributed by atoms with Crippen LogP contribution in [0.3, 0.4) is 0 Å². The van der Waals surface area contributed by atoms with Crippen LogP contribution in [0.4, 0.5) is 4.79 Å². The third-order valence-corrected chi connectivity index (χ3v) is 3.75. The molecule has 1 saturated carbocycles. The number of amides is 1. The van der Waals surface area contributed by atoms with Crippen LogP contribution in [0.25, 0.3) is 0 Å². The van der Waals surface area contributed by atoms with Crippen molar-refractivity contribution in [1.29, 1.82) is 0 Å². The SMILES string of the molecule is CCNC(=NCCNC(=O)OC(C)(C)C)NC1CCC(C)CC1.I. The van der Waals surface area contributed by atoms with Gasteiger partial charge in [-0.05, 0) is 59.3 Å². The van der Waals surface area contributed by atoms with Gasteiger partial charge in [0.1, 0.15) is 5.60 Å². The molecule has 0 saturated heterocycles. The lowest BCUT2D eigenvalue weighted by Gasteiger charge is -2.28. The first-order chi connectivity index (χ1) is 10.8. The Morgan fingerprint density at radius 1 is 1.17 bits per heavy atom. The van der Waals surface area contributed by atoms with E-state index in [4.69, 9.17) is 4.74 Å². The second kappa shape index (κ2) is 11.8. The van der Waals surface area contributed by atoms with E-state index in [2.05, 4.69) is 34.8 Å². The van der Waals surface area contributed by atoms with Crippen LogP contribution in [-0.2, 0) is 4.74 Å². The molecule has 1 rings (SSSR count). The summed E-state index contributed by atoms with van der Waals surface area (Å²) < 4.78 is 5.19. The number of halogens is 1. The summed E-state index contributed by atoms with van der Waals surface area (Å²) in [6.45, 7) is 11.7. The molecule has 0 bridgehead atoms. The highest BCUT2D eigenvalue weighted by molar-refractivity contribution is 14.0. The van der Waals surface area contributed by atoms with E-state index < -0.39 is 11.7 Å². The fourth-order valence-electron chi connectivity index (χ4n) is 2.56. The summed E-state index contributed by atoms with van der Waals surface area (Å²) in [4.78, 5) is 16.1. The number of nitrogens with zero attached hydrogens (tertiary/aromatic N) is 1. The largest absolute Gasteiger partial charge is 0.444 e. The standard InChI is InChI=1S/C17H34N4O2.HI/c1-6-18-15(21-14-9-7-13(2)8-10-14)19-11-12-20-16(22)23-17(3,4)5;/h13-14H,6-12H2,1-5H3,(H,20,22)(H2,18,19,21);1H. The number of carbonyl (C=O) groups excluding carboxylic acids is 1. The highest BCUT2D eigenvalue weighted by Crippen LogP contribution is 2.23. The van der Waals surface area contributed by atoms with Crippen molar-refractivity contribution in [1.82, 2.24) is 16.0 Å². The first kappa shape index (κ1) is 23.3. The molecule has 1 aliphatic carbocycles. The van der Waals surface area contributed by atoms with E-state index in [1.54, 1.807) is 0 Å². The zero-order valence-corrected chi connectivity index (χ0v) is 18.1. The smallest absolute Gasteiger partial charge is 0.407 e. The van der Waals surface area contributed by atoms with Gasteiger partial charge in [0.2, 0.25) is 0 Å². The molecule has 0 aromatic carbocycles. The number of alkyl carbamates (subject to hydrolysis) is 1. The molecule has 0 atom stereocenters. The number of aliphatic imine (C=N–C) groups is 1. The maximum absolute atomic E-state index is 11.6. The number of ether oxygens (including phenoxy) is 1. The van der Waals surface area contributed by atoms with Gasteiger partial charge < -0.3 is 20.7 Å². The normalized spacial score (nSPS) is 21.5. The molecule has 0 aliphatic heterocycles. The van der Waals surface area contributed by atoms with Gasteiger partial charge in [0.25, 0.3) is 0 Å². The summed E-state index contributed by atoms with van der Waals surface area (Å²) in [5.41, 5.74) is -0.470. The van der Waals surface area contributed by atoms with Crippen LogP contribution in [0.1, 0.15) is 60.3 Å². The molecule has 0 spiro atoms. The fraction of sp³-hybridized carbons (Fsp3) is 0.882. The van der Waals surface area contributed by atoms with Crippen molar-refractivity contribution in [3.05, 3.63) is 0 Å². The minimum Gasteiger partial charge on any atom is -0.444 e. The lowest BCUT2D eigenvalue weighted by Crippen LogP contribution is -2.45. The van der Waals surface area contributed by atoms with Crippen molar-refractivity contribution < 1.29 is 9.53 Å². The van der Waals surface area contributed by atoms with Gasteiger partial charge in [-0.3, -0.25) is 4.99 Å². The predicted molar refractivity (Wildman–Crippen MR) is 110 cm³/mol. The maximum Gasteiger partial charge on any atom is 0.407 e. The van der Waals surface area contributed by atoms with E-state index in [-0.39, 0.29) is 24.0 Å². The first-order valence-corrected chi connectivity index (χ1v) is 8.82. The Labute approximate surface area is 164 Å². The first-order valence-electron chi connectivity index (χ1n) is 8.82. The summed E-state index contributed by atoms with van der Waals surface area (Å²) in [7, 11) is 0. The zero-order chi connectivity index (χ0) is 17.3. The highest BCUT2D eigenvalue weighted by atomic mass is 127. The van der Waals surface area contributed by atoms with Crippen LogP contribution in [0.5, 0.6) is 0 Å². The molecule has 6 nitrogen and oxygen atoms in total. The summed E-state index contributed by atoms with van der Waals surface area (Å²) in [6, 6.07) is 0.503. The molecule has 0 heterocycles. The quantitative estimate of drug-likeness (QED) is 0.258. The van der Waals surface area contributed by atoms with Crippen LogP contribution in [0.2, 0.25) is 0 Å². The van der Waals surface area contributed by atoms with E-state index >= 15 is 0 Å². The molecule has 3 N–H and O–H groups in total. The molecule has 0 radical (unpaired) electrons. The Balaban J connectivity index is 0.00000529. The Bertz CT molecular complexity index is 389. The van der Waals surface area contributed by atoms with E-state index in [0.29, 0.717) is 19.1 Å². The van der Waals surface area contributed by atoms with Gasteiger partial charge in [-0.1, -0.05) is 6.92 Å². The number of rotatable bonds is 5. The number of guanidine groups is 1. The van der Waals surface area contributed by atoms with Crippen molar-refractivity contribution >= 4 is 36.0 Å². The lowest BCUT2D eigenvalue weighted by atomic mass is 9.87. The van der Waals surface area contributed by atoms with Crippen LogP contribution >= 0.6 is 24.0 Å². The van der Waals surface area contributed by atoms with Gasteiger partial charge in [-0.25, -0.2) is 4.79 Å². The van der Waals surface area contributed by atoms with Gasteiger partial charge in [0.05, 0.1) is 6.54 Å². The maximum atomic E-state index is 11.6. The van der Waals surface area contributed by atoms with Crippen molar-refractivity contribution in [2.75, 3.05) is 19.6 Å². The summed E-state index contributed by atoms with van der Waals surface area (Å²) >= 11 is 0. The van der Waals surface area contributed by atoms with Crippen molar-refractivity contribution in [3.8, 4) is 0 Å². The Morgan fingerprint density at radius 2 is 1.79 bits per heavy atom. The second-order valence-corrected chi connectivity index (χ2v) is 7.29. The van der Waals surface area contributed by atoms with E-state index in [9.17, 15) is 4.79 Å². The summed E-state index contributed by atoms with van der Waals surface area (Å²) in [6.07, 6.45) is 4.55. The molecule has 0 aromatic rings. The van der Waals surface area contributed by atoms with Crippen molar-refractivity contribution in [2.24, 2.45) is 10.9 Å². The Kier molecular flexibility index (Phi) is 11.4. The minimum absolute atomic E-state index is 0. The molecule has 1 aliphatic rings. The predicted octanol–water partition coefficient (Wildman–Crippen LogP) is 3.26. The highest BCUT2D eigenvalue weighted by Gasteiger charge is 2.19. The zero-order valence-electron chi connectivity index (χ0n) is 15.8. The molecule has 1 amide bonds. The molecular formula is C17H35IN4O2. The number of hydrogen-bond donors (Lipinski definition) is 3. The second-order valence-electron chi connectivity index (χ2n) is 7.29. The third-order valence-electron chi connectivity index (χ3n) is 3.75. The number of hydrogen-bond acceptors (Lipinski definition) is 3. The van der Waals surface area contributed by atoms with E-state index in [1.807, 2.05) is 20.8 Å². The average molecular weight is 454 g/mol. The van der Waals surface area contributed by atoms with Crippen molar-refractivity contribution in [2.45, 2.75) is 71.9 Å². The van der Waals surface area contributed by atoms with E-state index in [1.165, 1.54) is 25.7 Å². The van der Waals surface area contributed by atoms with Gasteiger partial charge in [0.15, 0.2) is 5.96 Å². The monoisotopic (exact) mass is 454 g/mol. The third kappa shape index (κ3) is 10.9. The molecule has 24 heavy (non-hydrogen) atoms. The van der Waals surface area contributed by atoms with Gasteiger partial charge in [-0.2, -0.15) is 0 Å². The van der Waals surface area contributed by atoms with Gasteiger partial charge in [-0.15, -0.1) is 24.0 Å². The number of carbonyl (C=O) groups is 1. The molecule has 7 heteroatoms. The van der Waals surface area contributed by atoms with Crippen LogP contribution in [0.15, 0.2) is 4.99 Å². The van der Waals surface area contributed by atoms with E-state index in [0.717, 1.165) is 18.4 Å². The fourth-order valence-corrected chi connectivity index (χ4v) is 2.56. The molecule has 0 unspecified atom stereocenters. The molecular weight excluding hydrogens is 419 g/mol. The summed E-state index contributed by atoms with van der Waals surface area (Å²) in [5, 5.41) is 9.48. The molecule has 0 aromatic heterocycles. The Hall–Kier alpha value is -0.730. The summed E-state index contributed by atoms with van der Waals surface area (Å²) in [5.74, 6) is 1.67. The van der Waals surface area contributed by atoms with Gasteiger partial charge >= 0.3 is 6.09 Å². The Morgan fingerprint density at radius 3 is 2.33 bits per heavy atom. The number of nitrogens with one attached hydrogen (secondary N) is 3. The molecule has 1 fully saturated rings. The van der Waals surface area contributed by atoms with Crippen LogP contribution in [-0.4, -0.2) is 43.3 Å². The van der Waals surface area contributed by atoms with Crippen LogP contribution < -0.4 is 16.0 Å².